The zero-order chi connectivity index (χ0) is 14.8. The summed E-state index contributed by atoms with van der Waals surface area (Å²) in [6.45, 7) is 0.947. The summed E-state index contributed by atoms with van der Waals surface area (Å²) in [6.07, 6.45) is 14.2. The molecule has 21 heavy (non-hydrogen) atoms. The van der Waals surface area contributed by atoms with E-state index in [0.29, 0.717) is 12.0 Å². The van der Waals surface area contributed by atoms with E-state index in [-0.39, 0.29) is 11.2 Å². The minimum Gasteiger partial charge on any atom is -0.377 e. The van der Waals surface area contributed by atoms with Crippen LogP contribution in [-0.4, -0.2) is 38.0 Å². The lowest BCUT2D eigenvalue weighted by molar-refractivity contribution is -0.131. The molecule has 1 spiro atoms. The molecule has 2 saturated carbocycles. The number of hydrogen-bond donors (Lipinski definition) is 1. The summed E-state index contributed by atoms with van der Waals surface area (Å²) < 4.78 is 12.4. The van der Waals surface area contributed by atoms with Gasteiger partial charge in [0, 0.05) is 19.8 Å². The lowest BCUT2D eigenvalue weighted by Crippen LogP contribution is -2.58. The Hall–Kier alpha value is -0.120. The van der Waals surface area contributed by atoms with Gasteiger partial charge < -0.3 is 14.8 Å². The van der Waals surface area contributed by atoms with Crippen molar-refractivity contribution < 1.29 is 9.47 Å². The molecule has 1 saturated heterocycles. The van der Waals surface area contributed by atoms with Crippen molar-refractivity contribution in [2.24, 2.45) is 5.92 Å². The molecule has 2 atom stereocenters. The van der Waals surface area contributed by atoms with Crippen LogP contribution < -0.4 is 5.32 Å². The van der Waals surface area contributed by atoms with Crippen molar-refractivity contribution in [1.82, 2.24) is 5.32 Å². The predicted molar refractivity (Wildman–Crippen MR) is 85.5 cm³/mol. The highest BCUT2D eigenvalue weighted by atomic mass is 16.5. The molecular weight excluding hydrogens is 262 g/mol. The number of rotatable bonds is 4. The van der Waals surface area contributed by atoms with Gasteiger partial charge in [0.1, 0.15) is 0 Å². The predicted octanol–water partition coefficient (Wildman–Crippen LogP) is 3.66. The zero-order valence-electron chi connectivity index (χ0n) is 14.0. The maximum Gasteiger partial charge on any atom is 0.0833 e. The van der Waals surface area contributed by atoms with Crippen molar-refractivity contribution in [3.05, 3.63) is 0 Å². The fraction of sp³-hybridized carbons (Fsp3) is 1.00. The van der Waals surface area contributed by atoms with E-state index in [4.69, 9.17) is 9.47 Å². The van der Waals surface area contributed by atoms with Crippen molar-refractivity contribution >= 4 is 0 Å². The van der Waals surface area contributed by atoms with Crippen LogP contribution in [0.1, 0.15) is 70.6 Å². The average molecular weight is 295 g/mol. The summed E-state index contributed by atoms with van der Waals surface area (Å²) in [6, 6.07) is 0.490. The molecule has 1 aliphatic heterocycles. The Morgan fingerprint density at radius 3 is 2.33 bits per heavy atom. The van der Waals surface area contributed by atoms with Crippen LogP contribution in [0.4, 0.5) is 0 Å². The Labute approximate surface area is 130 Å². The van der Waals surface area contributed by atoms with E-state index in [1.807, 2.05) is 7.11 Å². The van der Waals surface area contributed by atoms with Crippen LogP contribution in [0.15, 0.2) is 0 Å². The second kappa shape index (κ2) is 6.55. The van der Waals surface area contributed by atoms with Gasteiger partial charge in [0.05, 0.1) is 11.2 Å². The summed E-state index contributed by atoms with van der Waals surface area (Å²) in [7, 11) is 4.07. The molecular formula is C18H33NO2. The van der Waals surface area contributed by atoms with Crippen molar-refractivity contribution in [3.63, 3.8) is 0 Å². The Bertz CT molecular complexity index is 332. The molecule has 3 rings (SSSR count). The topological polar surface area (TPSA) is 30.5 Å². The minimum atomic E-state index is 0.0643. The maximum atomic E-state index is 6.24. The van der Waals surface area contributed by atoms with Crippen LogP contribution in [0.3, 0.4) is 0 Å². The van der Waals surface area contributed by atoms with Crippen molar-refractivity contribution in [3.8, 4) is 0 Å². The molecule has 122 valence electrons. The summed E-state index contributed by atoms with van der Waals surface area (Å²) in [5.74, 6) is 0.708. The number of ether oxygens (including phenoxy) is 2. The monoisotopic (exact) mass is 295 g/mol. The number of nitrogens with one attached hydrogen (secondary N) is 1. The summed E-state index contributed by atoms with van der Waals surface area (Å²) in [5.41, 5.74) is 0.274. The molecule has 0 aromatic rings. The second-order valence-corrected chi connectivity index (χ2v) is 7.59. The highest BCUT2D eigenvalue weighted by molar-refractivity contribution is 5.02. The van der Waals surface area contributed by atoms with Gasteiger partial charge in [0.2, 0.25) is 0 Å². The van der Waals surface area contributed by atoms with E-state index >= 15 is 0 Å². The first-order valence-electron chi connectivity index (χ1n) is 9.10. The molecule has 1 N–H and O–H groups in total. The van der Waals surface area contributed by atoms with E-state index < -0.39 is 0 Å². The van der Waals surface area contributed by atoms with Gasteiger partial charge >= 0.3 is 0 Å². The largest absolute Gasteiger partial charge is 0.377 e. The van der Waals surface area contributed by atoms with Gasteiger partial charge in [-0.3, -0.25) is 0 Å². The third kappa shape index (κ3) is 3.02. The molecule has 0 radical (unpaired) electrons. The van der Waals surface area contributed by atoms with Crippen LogP contribution in [0, 0.1) is 5.92 Å². The van der Waals surface area contributed by atoms with Gasteiger partial charge in [-0.2, -0.15) is 0 Å². The van der Waals surface area contributed by atoms with Gasteiger partial charge in [-0.05, 0) is 51.5 Å². The van der Waals surface area contributed by atoms with Gasteiger partial charge in [-0.15, -0.1) is 0 Å². The van der Waals surface area contributed by atoms with Crippen molar-refractivity contribution in [1.29, 1.82) is 0 Å². The quantitative estimate of drug-likeness (QED) is 0.858. The first kappa shape index (κ1) is 15.8. The Balaban J connectivity index is 1.75. The molecule has 3 heteroatoms. The van der Waals surface area contributed by atoms with Crippen molar-refractivity contribution in [2.45, 2.75) is 87.9 Å². The maximum absolute atomic E-state index is 6.24. The van der Waals surface area contributed by atoms with Gasteiger partial charge in [0.15, 0.2) is 0 Å². The molecule has 0 amide bonds. The molecule has 0 aromatic carbocycles. The highest BCUT2D eigenvalue weighted by Crippen LogP contribution is 2.46. The molecule has 3 fully saturated rings. The SMILES string of the molecule is CNC(C1CCOC2(CCCC2)C1)C1(OC)CCCCC1. The smallest absolute Gasteiger partial charge is 0.0833 e. The molecule has 3 nitrogen and oxygen atoms in total. The summed E-state index contributed by atoms with van der Waals surface area (Å²) in [5, 5.41) is 3.66. The Kier molecular flexibility index (Phi) is 4.92. The fourth-order valence-electron chi connectivity index (χ4n) is 5.44. The zero-order valence-corrected chi connectivity index (χ0v) is 14.0. The van der Waals surface area contributed by atoms with Gasteiger partial charge in [-0.1, -0.05) is 32.1 Å². The van der Waals surface area contributed by atoms with Crippen LogP contribution in [0.2, 0.25) is 0 Å². The average Bonchev–Trinajstić information content (AvgIpc) is 2.97. The van der Waals surface area contributed by atoms with E-state index in [1.165, 1.54) is 70.6 Å². The van der Waals surface area contributed by atoms with Crippen LogP contribution in [0.25, 0.3) is 0 Å². The second-order valence-electron chi connectivity index (χ2n) is 7.59. The minimum absolute atomic E-state index is 0.0643. The molecule has 0 aromatic heterocycles. The summed E-state index contributed by atoms with van der Waals surface area (Å²) >= 11 is 0. The Morgan fingerprint density at radius 1 is 1.05 bits per heavy atom. The highest BCUT2D eigenvalue weighted by Gasteiger charge is 2.48. The van der Waals surface area contributed by atoms with Gasteiger partial charge in [-0.25, -0.2) is 0 Å². The van der Waals surface area contributed by atoms with E-state index in [9.17, 15) is 0 Å². The molecule has 0 bridgehead atoms. The molecule has 2 unspecified atom stereocenters. The third-order valence-corrected chi connectivity index (χ3v) is 6.50. The number of likely N-dealkylation sites (N-methyl/N-ethyl adjacent to an activating group) is 1. The van der Waals surface area contributed by atoms with Gasteiger partial charge in [0.25, 0.3) is 0 Å². The normalized spacial score (nSPS) is 33.1. The lowest BCUT2D eigenvalue weighted by atomic mass is 9.70. The molecule has 2 aliphatic carbocycles. The molecule has 3 aliphatic rings. The number of hydrogen-bond acceptors (Lipinski definition) is 3. The van der Waals surface area contributed by atoms with E-state index in [0.717, 1.165) is 6.61 Å². The van der Waals surface area contributed by atoms with Crippen LogP contribution in [0.5, 0.6) is 0 Å². The standard InChI is InChI=1S/C18H33NO2/c1-19-16(18(20-2)11-4-3-5-12-18)15-8-13-21-17(14-15)9-6-7-10-17/h15-16,19H,3-14H2,1-2H3. The Morgan fingerprint density at radius 2 is 1.71 bits per heavy atom. The fourth-order valence-corrected chi connectivity index (χ4v) is 5.44. The van der Waals surface area contributed by atoms with Crippen LogP contribution >= 0.6 is 0 Å². The van der Waals surface area contributed by atoms with E-state index in [2.05, 4.69) is 12.4 Å². The number of methoxy groups -OCH3 is 1. The first-order chi connectivity index (χ1) is 10.2. The molecule has 1 heterocycles. The lowest BCUT2D eigenvalue weighted by Gasteiger charge is -2.49. The third-order valence-electron chi connectivity index (χ3n) is 6.50. The van der Waals surface area contributed by atoms with E-state index in [1.54, 1.807) is 0 Å². The summed E-state index contributed by atoms with van der Waals surface area (Å²) in [4.78, 5) is 0. The van der Waals surface area contributed by atoms with Crippen molar-refractivity contribution in [2.75, 3.05) is 20.8 Å². The first-order valence-corrected chi connectivity index (χ1v) is 9.10. The van der Waals surface area contributed by atoms with Crippen LogP contribution in [-0.2, 0) is 9.47 Å².